The molecule has 0 aromatic heterocycles. The van der Waals surface area contributed by atoms with Crippen LogP contribution < -0.4 is 0 Å². The van der Waals surface area contributed by atoms with Crippen molar-refractivity contribution in [1.82, 2.24) is 0 Å². The van der Waals surface area contributed by atoms with Crippen LogP contribution in [0.2, 0.25) is 0 Å². The van der Waals surface area contributed by atoms with Gasteiger partial charge in [0.2, 0.25) is 0 Å². The molecular formula is C14H16O2. The van der Waals surface area contributed by atoms with Crippen molar-refractivity contribution in [3.63, 3.8) is 0 Å². The minimum absolute atomic E-state index is 0.204. The van der Waals surface area contributed by atoms with Crippen LogP contribution in [0.4, 0.5) is 0 Å². The van der Waals surface area contributed by atoms with E-state index in [1.165, 1.54) is 0 Å². The molecule has 2 heteroatoms. The fourth-order valence-corrected chi connectivity index (χ4v) is 1.98. The van der Waals surface area contributed by atoms with Gasteiger partial charge in [-0.25, -0.2) is 0 Å². The monoisotopic (exact) mass is 216 g/mol. The van der Waals surface area contributed by atoms with Crippen molar-refractivity contribution in [3.05, 3.63) is 47.3 Å². The minimum Gasteiger partial charge on any atom is -0.501 e. The summed E-state index contributed by atoms with van der Waals surface area (Å²) in [6.45, 7) is 0. The van der Waals surface area contributed by atoms with Crippen molar-refractivity contribution < 1.29 is 9.53 Å². The summed E-state index contributed by atoms with van der Waals surface area (Å²) in [5.74, 6) is 1.16. The van der Waals surface area contributed by atoms with E-state index in [2.05, 4.69) is 6.08 Å². The van der Waals surface area contributed by atoms with Gasteiger partial charge in [-0.15, -0.1) is 0 Å². The summed E-state index contributed by atoms with van der Waals surface area (Å²) >= 11 is 0. The Kier molecular flexibility index (Phi) is 3.40. The zero-order valence-corrected chi connectivity index (χ0v) is 9.53. The summed E-state index contributed by atoms with van der Waals surface area (Å²) in [7, 11) is 1.67. The van der Waals surface area contributed by atoms with Crippen LogP contribution in [0.15, 0.2) is 47.3 Å². The van der Waals surface area contributed by atoms with Crippen molar-refractivity contribution in [2.24, 2.45) is 0 Å². The zero-order valence-electron chi connectivity index (χ0n) is 9.53. The zero-order chi connectivity index (χ0) is 11.4. The molecule has 0 saturated carbocycles. The van der Waals surface area contributed by atoms with Gasteiger partial charge in [0.25, 0.3) is 0 Å². The molecule has 0 spiro atoms. The molecule has 0 atom stereocenters. The average Bonchev–Trinajstić information content (AvgIpc) is 2.39. The maximum atomic E-state index is 12.1. The molecule has 0 fully saturated rings. The number of Topliss-reactive ketones (excluding diaryl/α,β-unsaturated/α-hetero) is 1. The number of allylic oxidation sites excluding steroid dienone is 8. The minimum atomic E-state index is 0.204. The molecule has 2 aliphatic rings. The highest BCUT2D eigenvalue weighted by Crippen LogP contribution is 2.24. The van der Waals surface area contributed by atoms with Gasteiger partial charge < -0.3 is 4.74 Å². The third-order valence-corrected chi connectivity index (χ3v) is 2.97. The number of carbonyl (C=O) groups is 1. The van der Waals surface area contributed by atoms with Crippen LogP contribution in [-0.4, -0.2) is 12.9 Å². The Labute approximate surface area is 96.0 Å². The van der Waals surface area contributed by atoms with Gasteiger partial charge in [0.1, 0.15) is 0 Å². The van der Waals surface area contributed by atoms with Crippen molar-refractivity contribution in [3.8, 4) is 0 Å². The smallest absolute Gasteiger partial charge is 0.185 e. The van der Waals surface area contributed by atoms with Gasteiger partial charge in [-0.1, -0.05) is 24.3 Å². The van der Waals surface area contributed by atoms with E-state index in [4.69, 9.17) is 4.74 Å². The third-order valence-electron chi connectivity index (χ3n) is 2.97. The first kappa shape index (κ1) is 10.9. The molecule has 84 valence electrons. The van der Waals surface area contributed by atoms with Crippen LogP contribution >= 0.6 is 0 Å². The number of hydrogen-bond donors (Lipinski definition) is 0. The summed E-state index contributed by atoms with van der Waals surface area (Å²) in [6, 6.07) is 0. The fourth-order valence-electron chi connectivity index (χ4n) is 1.98. The molecule has 2 rings (SSSR count). The van der Waals surface area contributed by atoms with Gasteiger partial charge in [-0.3, -0.25) is 4.79 Å². The van der Waals surface area contributed by atoms with E-state index in [0.717, 1.165) is 42.6 Å². The molecule has 0 amide bonds. The molecule has 2 aliphatic carbocycles. The first-order chi connectivity index (χ1) is 7.81. The Morgan fingerprint density at radius 1 is 1.12 bits per heavy atom. The number of rotatable bonds is 3. The van der Waals surface area contributed by atoms with Crippen molar-refractivity contribution in [1.29, 1.82) is 0 Å². The average molecular weight is 216 g/mol. The molecule has 0 radical (unpaired) electrons. The second-order valence-electron chi connectivity index (χ2n) is 4.02. The topological polar surface area (TPSA) is 26.3 Å². The van der Waals surface area contributed by atoms with Crippen LogP contribution in [0.25, 0.3) is 0 Å². The largest absolute Gasteiger partial charge is 0.501 e. The highest BCUT2D eigenvalue weighted by Gasteiger charge is 2.17. The van der Waals surface area contributed by atoms with Crippen LogP contribution in [-0.2, 0) is 9.53 Å². The molecule has 0 N–H and O–H groups in total. The molecule has 0 unspecified atom stereocenters. The summed E-state index contributed by atoms with van der Waals surface area (Å²) in [4.78, 5) is 12.1. The van der Waals surface area contributed by atoms with Gasteiger partial charge in [0.15, 0.2) is 5.78 Å². The van der Waals surface area contributed by atoms with E-state index in [1.807, 2.05) is 24.3 Å². The van der Waals surface area contributed by atoms with Gasteiger partial charge in [-0.2, -0.15) is 0 Å². The summed E-state index contributed by atoms with van der Waals surface area (Å²) in [5.41, 5.74) is 1.84. The Hall–Kier alpha value is -1.57. The predicted molar refractivity (Wildman–Crippen MR) is 63.9 cm³/mol. The summed E-state index contributed by atoms with van der Waals surface area (Å²) in [5, 5.41) is 0. The van der Waals surface area contributed by atoms with Crippen molar-refractivity contribution in [2.75, 3.05) is 7.11 Å². The standard InChI is InChI=1S/C14H16O2/c1-16-13-9-7-12(8-10-13)14(15)11-5-3-2-4-6-11/h2-3,5,7,9H,4,6,8,10H2,1H3. The van der Waals surface area contributed by atoms with Crippen LogP contribution in [0.1, 0.15) is 25.7 Å². The van der Waals surface area contributed by atoms with Gasteiger partial charge in [0.05, 0.1) is 12.9 Å². The van der Waals surface area contributed by atoms with Crippen LogP contribution in [0, 0.1) is 0 Å². The van der Waals surface area contributed by atoms with Crippen molar-refractivity contribution >= 4 is 5.78 Å². The Morgan fingerprint density at radius 2 is 1.94 bits per heavy atom. The van der Waals surface area contributed by atoms with E-state index in [0.29, 0.717) is 0 Å². The van der Waals surface area contributed by atoms with Crippen molar-refractivity contribution in [2.45, 2.75) is 25.7 Å². The lowest BCUT2D eigenvalue weighted by molar-refractivity contribution is -0.112. The van der Waals surface area contributed by atoms with Crippen LogP contribution in [0.3, 0.4) is 0 Å². The lowest BCUT2D eigenvalue weighted by Gasteiger charge is -2.15. The number of ether oxygens (including phenoxy) is 1. The Balaban J connectivity index is 2.11. The highest BCUT2D eigenvalue weighted by molar-refractivity contribution is 6.08. The molecular weight excluding hydrogens is 200 g/mol. The second-order valence-corrected chi connectivity index (χ2v) is 4.02. The molecule has 0 bridgehead atoms. The normalized spacial score (nSPS) is 19.7. The van der Waals surface area contributed by atoms with Crippen LogP contribution in [0.5, 0.6) is 0 Å². The second kappa shape index (κ2) is 4.97. The number of carbonyl (C=O) groups excluding carboxylic acids is 1. The number of methoxy groups -OCH3 is 1. The highest BCUT2D eigenvalue weighted by atomic mass is 16.5. The van der Waals surface area contributed by atoms with E-state index in [1.54, 1.807) is 7.11 Å². The van der Waals surface area contributed by atoms with E-state index in [-0.39, 0.29) is 5.78 Å². The van der Waals surface area contributed by atoms with E-state index in [9.17, 15) is 4.79 Å². The van der Waals surface area contributed by atoms with Gasteiger partial charge >= 0.3 is 0 Å². The first-order valence-corrected chi connectivity index (χ1v) is 5.65. The molecule has 0 heterocycles. The summed E-state index contributed by atoms with van der Waals surface area (Å²) < 4.78 is 5.14. The third kappa shape index (κ3) is 2.32. The maximum absolute atomic E-state index is 12.1. The quantitative estimate of drug-likeness (QED) is 0.724. The van der Waals surface area contributed by atoms with E-state index < -0.39 is 0 Å². The lowest BCUT2D eigenvalue weighted by Crippen LogP contribution is -2.10. The maximum Gasteiger partial charge on any atom is 0.185 e. The van der Waals surface area contributed by atoms with Gasteiger partial charge in [-0.05, 0) is 25.3 Å². The Bertz CT molecular complexity index is 408. The fraction of sp³-hybridized carbons (Fsp3) is 0.357. The molecule has 0 aromatic carbocycles. The molecule has 0 aromatic rings. The first-order valence-electron chi connectivity index (χ1n) is 5.65. The molecule has 0 aliphatic heterocycles. The Morgan fingerprint density at radius 3 is 2.50 bits per heavy atom. The van der Waals surface area contributed by atoms with E-state index >= 15 is 0 Å². The number of hydrogen-bond acceptors (Lipinski definition) is 2. The van der Waals surface area contributed by atoms with Gasteiger partial charge in [0, 0.05) is 17.6 Å². The number of ketones is 1. The molecule has 16 heavy (non-hydrogen) atoms. The predicted octanol–water partition coefficient (Wildman–Crippen LogP) is 3.08. The molecule has 0 saturated heterocycles. The molecule has 2 nitrogen and oxygen atoms in total. The SMILES string of the molecule is COC1=CC=C(C(=O)C2=CC=CCC2)CC1. The lowest BCUT2D eigenvalue weighted by atomic mass is 9.91. The summed E-state index contributed by atoms with van der Waals surface area (Å²) in [6.07, 6.45) is 13.3.